The fourth-order valence-electron chi connectivity index (χ4n) is 4.60. The highest BCUT2D eigenvalue weighted by atomic mass is 16.5. The largest absolute Gasteiger partial charge is 0.493 e. The normalized spacial score (nSPS) is 15.2. The van der Waals surface area contributed by atoms with Crippen molar-refractivity contribution >= 4 is 11.8 Å². The number of piperidine rings is 1. The number of nitrogens with zero attached hydrogens (tertiary/aromatic N) is 4. The first-order valence-corrected chi connectivity index (χ1v) is 12.6. The Hall–Kier alpha value is -3.94. The molecule has 0 radical (unpaired) electrons. The van der Waals surface area contributed by atoms with Crippen LogP contribution in [0.4, 0.5) is 0 Å². The number of hydrogen-bond donors (Lipinski definition) is 0. The number of ether oxygens (including phenoxy) is 2. The summed E-state index contributed by atoms with van der Waals surface area (Å²) in [5, 5.41) is 0. The lowest BCUT2D eigenvalue weighted by molar-refractivity contribution is 0.0634. The third-order valence-corrected chi connectivity index (χ3v) is 6.86. The molecule has 37 heavy (non-hydrogen) atoms. The van der Waals surface area contributed by atoms with E-state index in [9.17, 15) is 9.59 Å². The second-order valence-electron chi connectivity index (χ2n) is 9.39. The van der Waals surface area contributed by atoms with Crippen LogP contribution in [0.5, 0.6) is 11.5 Å². The van der Waals surface area contributed by atoms with Crippen LogP contribution in [0.2, 0.25) is 0 Å². The van der Waals surface area contributed by atoms with Gasteiger partial charge in [-0.25, -0.2) is 9.97 Å². The summed E-state index contributed by atoms with van der Waals surface area (Å²) in [7, 11) is 5.00. The molecule has 1 atom stereocenters. The zero-order valence-corrected chi connectivity index (χ0v) is 21.9. The van der Waals surface area contributed by atoms with Crippen molar-refractivity contribution in [2.45, 2.75) is 38.6 Å². The molecule has 0 unspecified atom stereocenters. The third-order valence-electron chi connectivity index (χ3n) is 6.86. The van der Waals surface area contributed by atoms with Gasteiger partial charge in [0.15, 0.2) is 17.3 Å². The van der Waals surface area contributed by atoms with E-state index >= 15 is 0 Å². The lowest BCUT2D eigenvalue weighted by Gasteiger charge is -2.33. The van der Waals surface area contributed by atoms with Crippen LogP contribution in [0.3, 0.4) is 0 Å². The van der Waals surface area contributed by atoms with Gasteiger partial charge < -0.3 is 19.3 Å². The van der Waals surface area contributed by atoms with Crippen LogP contribution in [0, 0.1) is 0 Å². The Morgan fingerprint density at radius 1 is 1.00 bits per heavy atom. The quantitative estimate of drug-likeness (QED) is 0.451. The molecule has 1 fully saturated rings. The lowest BCUT2D eigenvalue weighted by atomic mass is 10.0. The Morgan fingerprint density at radius 3 is 2.46 bits per heavy atom. The molecular formula is C29H34N4O4. The number of likely N-dealkylation sites (N-methyl/N-ethyl adjacent to an activating group) is 1. The first-order chi connectivity index (χ1) is 17.9. The third kappa shape index (κ3) is 6.07. The number of aromatic nitrogens is 2. The Labute approximate surface area is 218 Å². The summed E-state index contributed by atoms with van der Waals surface area (Å²) >= 11 is 0. The summed E-state index contributed by atoms with van der Waals surface area (Å²) in [5.74, 6) is 1.70. The van der Waals surface area contributed by atoms with Crippen molar-refractivity contribution < 1.29 is 19.1 Å². The maximum absolute atomic E-state index is 13.1. The van der Waals surface area contributed by atoms with E-state index in [0.29, 0.717) is 41.4 Å². The second-order valence-corrected chi connectivity index (χ2v) is 9.39. The van der Waals surface area contributed by atoms with E-state index < -0.39 is 0 Å². The Kier molecular flexibility index (Phi) is 8.38. The van der Waals surface area contributed by atoms with E-state index in [0.717, 1.165) is 36.9 Å². The number of carbonyl (C=O) groups is 2. The van der Waals surface area contributed by atoms with Crippen LogP contribution in [-0.2, 0) is 6.42 Å². The molecule has 4 rings (SSSR count). The first-order valence-electron chi connectivity index (χ1n) is 12.6. The number of carbonyl (C=O) groups excluding carboxylic acids is 2. The molecule has 8 nitrogen and oxygen atoms in total. The molecular weight excluding hydrogens is 468 g/mol. The molecule has 0 N–H and O–H groups in total. The SMILES string of the molecule is COc1ccc(CCN(C)C(=O)c2cccc(-c3ncc(C(=O)N4CCCC[C@@H]4C)cn3)c2)cc1OC. The number of likely N-dealkylation sites (tertiary alicyclic amines) is 1. The van der Waals surface area contributed by atoms with Gasteiger partial charge in [0.1, 0.15) is 0 Å². The van der Waals surface area contributed by atoms with Crippen LogP contribution in [0.25, 0.3) is 11.4 Å². The highest BCUT2D eigenvalue weighted by Crippen LogP contribution is 2.28. The smallest absolute Gasteiger partial charge is 0.257 e. The summed E-state index contributed by atoms with van der Waals surface area (Å²) in [6.07, 6.45) is 7.04. The molecule has 1 aromatic heterocycles. The zero-order valence-electron chi connectivity index (χ0n) is 21.9. The molecule has 2 aromatic carbocycles. The van der Waals surface area contributed by atoms with Gasteiger partial charge >= 0.3 is 0 Å². The van der Waals surface area contributed by atoms with Gasteiger partial charge in [-0.15, -0.1) is 0 Å². The first kappa shape index (κ1) is 26.1. The lowest BCUT2D eigenvalue weighted by Crippen LogP contribution is -2.42. The summed E-state index contributed by atoms with van der Waals surface area (Å²) < 4.78 is 10.7. The molecule has 0 bridgehead atoms. The van der Waals surface area contributed by atoms with Gasteiger partial charge in [-0.2, -0.15) is 0 Å². The zero-order chi connectivity index (χ0) is 26.4. The minimum Gasteiger partial charge on any atom is -0.493 e. The van der Waals surface area contributed by atoms with E-state index in [1.54, 1.807) is 50.7 Å². The number of amides is 2. The molecule has 1 saturated heterocycles. The molecule has 194 valence electrons. The molecule has 0 spiro atoms. The predicted molar refractivity (Wildman–Crippen MR) is 142 cm³/mol. The van der Waals surface area contributed by atoms with Gasteiger partial charge in [-0.05, 0) is 62.4 Å². The Morgan fingerprint density at radius 2 is 1.76 bits per heavy atom. The van der Waals surface area contributed by atoms with Gasteiger partial charge in [0, 0.05) is 49.7 Å². The monoisotopic (exact) mass is 502 g/mol. The minimum absolute atomic E-state index is 0.0289. The summed E-state index contributed by atoms with van der Waals surface area (Å²) in [4.78, 5) is 38.5. The van der Waals surface area contributed by atoms with E-state index in [1.807, 2.05) is 35.2 Å². The fourth-order valence-corrected chi connectivity index (χ4v) is 4.60. The molecule has 8 heteroatoms. The summed E-state index contributed by atoms with van der Waals surface area (Å²) in [6.45, 7) is 3.39. The Bertz CT molecular complexity index is 1240. The van der Waals surface area contributed by atoms with E-state index in [-0.39, 0.29) is 17.9 Å². The highest BCUT2D eigenvalue weighted by molar-refractivity contribution is 5.95. The average molecular weight is 503 g/mol. The van der Waals surface area contributed by atoms with Crippen LogP contribution < -0.4 is 9.47 Å². The van der Waals surface area contributed by atoms with Crippen LogP contribution >= 0.6 is 0 Å². The van der Waals surface area contributed by atoms with Crippen LogP contribution in [0.1, 0.15) is 52.5 Å². The second kappa shape index (κ2) is 11.9. The Balaban J connectivity index is 1.41. The standard InChI is InChI=1S/C29H34N4O4/c1-20-8-5-6-14-33(20)29(35)24-18-30-27(31-19-24)22-9-7-10-23(17-22)28(34)32(2)15-13-21-11-12-25(36-3)26(16-21)37-4/h7,9-12,16-20H,5-6,8,13-15H2,1-4H3/t20-/m0/s1. The molecule has 0 aliphatic carbocycles. The molecule has 0 saturated carbocycles. The van der Waals surface area contributed by atoms with E-state index in [2.05, 4.69) is 16.9 Å². The van der Waals surface area contributed by atoms with E-state index in [4.69, 9.17) is 9.47 Å². The van der Waals surface area contributed by atoms with Crippen molar-refractivity contribution in [3.63, 3.8) is 0 Å². The molecule has 3 aromatic rings. The predicted octanol–water partition coefficient (Wildman–Crippen LogP) is 4.49. The molecule has 1 aliphatic rings. The van der Waals surface area contributed by atoms with Crippen molar-refractivity contribution in [1.82, 2.24) is 19.8 Å². The summed E-state index contributed by atoms with van der Waals surface area (Å²) in [6, 6.07) is 13.3. The number of benzene rings is 2. The maximum Gasteiger partial charge on any atom is 0.257 e. The average Bonchev–Trinajstić information content (AvgIpc) is 2.95. The molecule has 2 heterocycles. The van der Waals surface area contributed by atoms with Gasteiger partial charge in [0.2, 0.25) is 0 Å². The van der Waals surface area contributed by atoms with Crippen molar-refractivity contribution in [2.24, 2.45) is 0 Å². The fraction of sp³-hybridized carbons (Fsp3) is 0.379. The van der Waals surface area contributed by atoms with Crippen molar-refractivity contribution in [1.29, 1.82) is 0 Å². The van der Waals surface area contributed by atoms with Crippen LogP contribution in [-0.4, -0.2) is 72.0 Å². The number of hydrogen-bond acceptors (Lipinski definition) is 6. The van der Waals surface area contributed by atoms with Crippen LogP contribution in [0.15, 0.2) is 54.9 Å². The molecule has 1 aliphatic heterocycles. The minimum atomic E-state index is -0.0896. The van der Waals surface area contributed by atoms with Crippen molar-refractivity contribution in [3.05, 3.63) is 71.5 Å². The van der Waals surface area contributed by atoms with Gasteiger partial charge in [0.05, 0.1) is 19.8 Å². The summed E-state index contributed by atoms with van der Waals surface area (Å²) in [5.41, 5.74) is 2.82. The van der Waals surface area contributed by atoms with Crippen molar-refractivity contribution in [2.75, 3.05) is 34.4 Å². The maximum atomic E-state index is 13.1. The van der Waals surface area contributed by atoms with Gasteiger partial charge in [-0.1, -0.05) is 18.2 Å². The van der Waals surface area contributed by atoms with Crippen molar-refractivity contribution in [3.8, 4) is 22.9 Å². The number of rotatable bonds is 8. The molecule has 2 amide bonds. The van der Waals surface area contributed by atoms with E-state index in [1.165, 1.54) is 0 Å². The highest BCUT2D eigenvalue weighted by Gasteiger charge is 2.24. The van der Waals surface area contributed by atoms with Gasteiger partial charge in [0.25, 0.3) is 11.8 Å². The number of methoxy groups -OCH3 is 2. The topological polar surface area (TPSA) is 84.9 Å². The van der Waals surface area contributed by atoms with Gasteiger partial charge in [-0.3, -0.25) is 9.59 Å².